The predicted octanol–water partition coefficient (Wildman–Crippen LogP) is 2.92. The highest BCUT2D eigenvalue weighted by Gasteiger charge is 2.29. The first-order chi connectivity index (χ1) is 11.7. The number of piperazine rings is 1. The summed E-state index contributed by atoms with van der Waals surface area (Å²) in [5.74, 6) is -0.283. The Morgan fingerprint density at radius 3 is 2.20 bits per heavy atom. The zero-order valence-corrected chi connectivity index (χ0v) is 16.2. The molecule has 5 nitrogen and oxygen atoms in total. The Morgan fingerprint density at radius 2 is 1.72 bits per heavy atom. The smallest absolute Gasteiger partial charge is 0.338 e. The number of esters is 1. The number of aliphatic hydroxyl groups is 1. The Bertz CT molecular complexity index is 553. The van der Waals surface area contributed by atoms with Crippen LogP contribution in [0.2, 0.25) is 0 Å². The van der Waals surface area contributed by atoms with Gasteiger partial charge in [0, 0.05) is 44.0 Å². The molecule has 1 heterocycles. The fraction of sp³-hybridized carbons (Fsp3) is 0.650. The number of ether oxygens (including phenoxy) is 1. The Morgan fingerprint density at radius 1 is 1.16 bits per heavy atom. The van der Waals surface area contributed by atoms with E-state index in [0.29, 0.717) is 17.6 Å². The largest absolute Gasteiger partial charge is 0.456 e. The van der Waals surface area contributed by atoms with Crippen molar-refractivity contribution < 1.29 is 14.6 Å². The van der Waals surface area contributed by atoms with Crippen LogP contribution < -0.4 is 4.90 Å². The maximum Gasteiger partial charge on any atom is 0.338 e. The van der Waals surface area contributed by atoms with E-state index >= 15 is 0 Å². The minimum Gasteiger partial charge on any atom is -0.456 e. The van der Waals surface area contributed by atoms with Crippen molar-refractivity contribution in [2.24, 2.45) is 0 Å². The molecule has 25 heavy (non-hydrogen) atoms. The molecule has 1 aliphatic heterocycles. The van der Waals surface area contributed by atoms with Crippen LogP contribution in [0.1, 0.15) is 51.4 Å². The van der Waals surface area contributed by atoms with Crippen LogP contribution in [0.15, 0.2) is 24.3 Å². The van der Waals surface area contributed by atoms with Gasteiger partial charge in [-0.1, -0.05) is 0 Å². The summed E-state index contributed by atoms with van der Waals surface area (Å²) in [4.78, 5) is 17.0. The molecule has 1 saturated heterocycles. The van der Waals surface area contributed by atoms with Gasteiger partial charge >= 0.3 is 5.97 Å². The number of carbonyl (C=O) groups is 1. The zero-order valence-electron chi connectivity index (χ0n) is 16.2. The van der Waals surface area contributed by atoms with Crippen LogP contribution in [0.4, 0.5) is 5.69 Å². The molecule has 2 rings (SSSR count). The summed E-state index contributed by atoms with van der Waals surface area (Å²) in [7, 11) is 0. The first-order valence-electron chi connectivity index (χ1n) is 9.16. The van der Waals surface area contributed by atoms with E-state index in [1.54, 1.807) is 0 Å². The van der Waals surface area contributed by atoms with E-state index in [-0.39, 0.29) is 12.6 Å². The standard InChI is InChI=1S/C20H32N2O3/c1-15-13-21(14-16(2)22(15)11-6-12-23)18-9-7-17(8-10-18)19(24)25-20(3,4)5/h7-10,15-16,23H,6,11-14H2,1-5H3/t15-,16+. The summed E-state index contributed by atoms with van der Waals surface area (Å²) < 4.78 is 5.42. The fourth-order valence-corrected chi connectivity index (χ4v) is 3.41. The summed E-state index contributed by atoms with van der Waals surface area (Å²) >= 11 is 0. The van der Waals surface area contributed by atoms with Gasteiger partial charge in [0.05, 0.1) is 5.56 Å². The number of anilines is 1. The Hall–Kier alpha value is -1.59. The molecule has 0 saturated carbocycles. The summed E-state index contributed by atoms with van der Waals surface area (Å²) in [5, 5.41) is 9.07. The monoisotopic (exact) mass is 348 g/mol. The van der Waals surface area contributed by atoms with Crippen LogP contribution in [0.25, 0.3) is 0 Å². The van der Waals surface area contributed by atoms with Crippen molar-refractivity contribution in [3.8, 4) is 0 Å². The van der Waals surface area contributed by atoms with Crippen molar-refractivity contribution in [2.45, 2.75) is 58.7 Å². The highest BCUT2D eigenvalue weighted by Crippen LogP contribution is 2.23. The lowest BCUT2D eigenvalue weighted by Gasteiger charge is -2.45. The second-order valence-corrected chi connectivity index (χ2v) is 7.97. The van der Waals surface area contributed by atoms with Crippen molar-refractivity contribution in [2.75, 3.05) is 31.1 Å². The third kappa shape index (κ3) is 5.44. The number of nitrogens with zero attached hydrogens (tertiary/aromatic N) is 2. The predicted molar refractivity (Wildman–Crippen MR) is 101 cm³/mol. The highest BCUT2D eigenvalue weighted by atomic mass is 16.6. The fourth-order valence-electron chi connectivity index (χ4n) is 3.41. The van der Waals surface area contributed by atoms with Gasteiger partial charge in [0.15, 0.2) is 0 Å². The minimum absolute atomic E-state index is 0.242. The maximum atomic E-state index is 12.1. The normalized spacial score (nSPS) is 22.1. The van der Waals surface area contributed by atoms with Crippen LogP contribution in [0.5, 0.6) is 0 Å². The number of hydrogen-bond donors (Lipinski definition) is 1. The van der Waals surface area contributed by atoms with Gasteiger partial charge in [-0.15, -0.1) is 0 Å². The molecule has 1 N–H and O–H groups in total. The lowest BCUT2D eigenvalue weighted by atomic mass is 10.1. The number of aliphatic hydroxyl groups excluding tert-OH is 1. The second-order valence-electron chi connectivity index (χ2n) is 7.97. The van der Waals surface area contributed by atoms with E-state index in [1.807, 2.05) is 45.0 Å². The Balaban J connectivity index is 2.02. The van der Waals surface area contributed by atoms with Gasteiger partial charge in [-0.2, -0.15) is 0 Å². The molecule has 0 spiro atoms. The lowest BCUT2D eigenvalue weighted by molar-refractivity contribution is 0.00695. The van der Waals surface area contributed by atoms with Gasteiger partial charge < -0.3 is 14.7 Å². The highest BCUT2D eigenvalue weighted by molar-refractivity contribution is 5.90. The summed E-state index contributed by atoms with van der Waals surface area (Å²) in [6.45, 7) is 13.2. The van der Waals surface area contributed by atoms with Gasteiger partial charge in [-0.25, -0.2) is 4.79 Å². The molecule has 2 atom stereocenters. The molecular formula is C20H32N2O3. The second kappa shape index (κ2) is 8.19. The number of hydrogen-bond acceptors (Lipinski definition) is 5. The van der Waals surface area contributed by atoms with Crippen molar-refractivity contribution in [1.29, 1.82) is 0 Å². The molecule has 1 aromatic rings. The Labute approximate surface area is 151 Å². The number of rotatable bonds is 5. The van der Waals surface area contributed by atoms with Crippen molar-refractivity contribution in [3.63, 3.8) is 0 Å². The molecule has 1 aromatic carbocycles. The third-order valence-electron chi connectivity index (χ3n) is 4.54. The molecule has 5 heteroatoms. The molecule has 0 aliphatic carbocycles. The third-order valence-corrected chi connectivity index (χ3v) is 4.54. The first-order valence-corrected chi connectivity index (χ1v) is 9.16. The summed E-state index contributed by atoms with van der Waals surface area (Å²) in [6, 6.07) is 8.56. The van der Waals surface area contributed by atoms with Crippen LogP contribution in [0, 0.1) is 0 Å². The maximum absolute atomic E-state index is 12.1. The molecule has 0 radical (unpaired) electrons. The van der Waals surface area contributed by atoms with Crippen LogP contribution in [-0.2, 0) is 4.74 Å². The summed E-state index contributed by atoms with van der Waals surface area (Å²) in [5.41, 5.74) is 1.24. The quantitative estimate of drug-likeness (QED) is 0.829. The zero-order chi connectivity index (χ0) is 18.6. The van der Waals surface area contributed by atoms with E-state index in [2.05, 4.69) is 23.6 Å². The van der Waals surface area contributed by atoms with Crippen LogP contribution >= 0.6 is 0 Å². The van der Waals surface area contributed by atoms with Crippen molar-refractivity contribution in [1.82, 2.24) is 4.90 Å². The van der Waals surface area contributed by atoms with E-state index in [0.717, 1.165) is 31.7 Å². The van der Waals surface area contributed by atoms with E-state index < -0.39 is 5.60 Å². The van der Waals surface area contributed by atoms with E-state index in [4.69, 9.17) is 9.84 Å². The number of benzene rings is 1. The van der Waals surface area contributed by atoms with E-state index in [9.17, 15) is 4.79 Å². The summed E-state index contributed by atoms with van der Waals surface area (Å²) in [6.07, 6.45) is 0.819. The van der Waals surface area contributed by atoms with Gasteiger partial charge in [0.25, 0.3) is 0 Å². The van der Waals surface area contributed by atoms with Crippen molar-refractivity contribution in [3.05, 3.63) is 29.8 Å². The minimum atomic E-state index is -0.481. The molecule has 0 bridgehead atoms. The SMILES string of the molecule is C[C@@H]1CN(c2ccc(C(=O)OC(C)(C)C)cc2)C[C@H](C)N1CCCO. The average Bonchev–Trinajstić information content (AvgIpc) is 2.52. The first kappa shape index (κ1) is 19.7. The number of carbonyl (C=O) groups excluding carboxylic acids is 1. The van der Waals surface area contributed by atoms with Gasteiger partial charge in [-0.05, 0) is 65.3 Å². The van der Waals surface area contributed by atoms with E-state index in [1.165, 1.54) is 0 Å². The topological polar surface area (TPSA) is 53.0 Å². The van der Waals surface area contributed by atoms with Crippen LogP contribution in [-0.4, -0.2) is 59.9 Å². The lowest BCUT2D eigenvalue weighted by Crippen LogP contribution is -2.57. The van der Waals surface area contributed by atoms with Gasteiger partial charge in [0.1, 0.15) is 5.60 Å². The molecule has 1 aliphatic rings. The Kier molecular flexibility index (Phi) is 6.47. The molecule has 0 aromatic heterocycles. The molecule has 140 valence electrons. The molecule has 0 unspecified atom stereocenters. The van der Waals surface area contributed by atoms with Crippen LogP contribution in [0.3, 0.4) is 0 Å². The van der Waals surface area contributed by atoms with Gasteiger partial charge in [-0.3, -0.25) is 4.90 Å². The molecule has 1 fully saturated rings. The molecule has 0 amide bonds. The van der Waals surface area contributed by atoms with Gasteiger partial charge in [0.2, 0.25) is 0 Å². The van der Waals surface area contributed by atoms with Crippen molar-refractivity contribution >= 4 is 11.7 Å². The average molecular weight is 348 g/mol. The molecular weight excluding hydrogens is 316 g/mol.